The molecule has 0 atom stereocenters. The molecule has 0 aromatic heterocycles. The second-order valence-electron chi connectivity index (χ2n) is 4.27. The standard InChI is InChI=1S/C17H15F/c1-2-5-15(16-10-11-16)7-4-3-6-14-8-12-17(18)13-9-14/h8-9,12-13H,4,7,10-11H2,1H3. The van der Waals surface area contributed by atoms with Crippen LogP contribution in [0, 0.1) is 29.5 Å². The highest BCUT2D eigenvalue weighted by atomic mass is 19.1. The Morgan fingerprint density at radius 2 is 1.94 bits per heavy atom. The quantitative estimate of drug-likeness (QED) is 0.681. The highest BCUT2D eigenvalue weighted by molar-refractivity contribution is 5.40. The Morgan fingerprint density at radius 1 is 1.22 bits per heavy atom. The average Bonchev–Trinajstić information content (AvgIpc) is 3.19. The molecule has 0 amide bonds. The van der Waals surface area contributed by atoms with Gasteiger partial charge in [0, 0.05) is 17.6 Å². The lowest BCUT2D eigenvalue weighted by molar-refractivity contribution is 0.627. The van der Waals surface area contributed by atoms with E-state index in [2.05, 4.69) is 23.7 Å². The molecule has 18 heavy (non-hydrogen) atoms. The van der Waals surface area contributed by atoms with E-state index in [-0.39, 0.29) is 5.82 Å². The lowest BCUT2D eigenvalue weighted by atomic mass is 10.1. The van der Waals surface area contributed by atoms with Crippen molar-refractivity contribution in [2.45, 2.75) is 32.6 Å². The van der Waals surface area contributed by atoms with Gasteiger partial charge in [-0.15, -0.1) is 5.92 Å². The second kappa shape index (κ2) is 6.08. The van der Waals surface area contributed by atoms with Gasteiger partial charge in [0.1, 0.15) is 5.82 Å². The van der Waals surface area contributed by atoms with Gasteiger partial charge in [-0.1, -0.05) is 23.3 Å². The zero-order chi connectivity index (χ0) is 12.8. The van der Waals surface area contributed by atoms with E-state index < -0.39 is 0 Å². The molecule has 1 fully saturated rings. The van der Waals surface area contributed by atoms with E-state index in [0.717, 1.165) is 18.4 Å². The van der Waals surface area contributed by atoms with Crippen LogP contribution < -0.4 is 0 Å². The van der Waals surface area contributed by atoms with Crippen LogP contribution in [-0.4, -0.2) is 0 Å². The van der Waals surface area contributed by atoms with Crippen LogP contribution in [0.1, 0.15) is 38.2 Å². The summed E-state index contributed by atoms with van der Waals surface area (Å²) in [5.41, 5.74) is 3.62. The topological polar surface area (TPSA) is 0 Å². The molecule has 1 aromatic rings. The van der Waals surface area contributed by atoms with Gasteiger partial charge in [-0.3, -0.25) is 0 Å². The number of halogens is 1. The van der Waals surface area contributed by atoms with E-state index in [1.807, 2.05) is 6.92 Å². The average molecular weight is 238 g/mol. The molecule has 0 bridgehead atoms. The van der Waals surface area contributed by atoms with E-state index in [1.165, 1.54) is 36.1 Å². The van der Waals surface area contributed by atoms with E-state index in [1.54, 1.807) is 12.1 Å². The molecule has 1 saturated carbocycles. The van der Waals surface area contributed by atoms with Crippen molar-refractivity contribution in [3.63, 3.8) is 0 Å². The molecule has 0 spiro atoms. The maximum absolute atomic E-state index is 12.7. The van der Waals surface area contributed by atoms with Gasteiger partial charge in [0.15, 0.2) is 0 Å². The van der Waals surface area contributed by atoms with Gasteiger partial charge in [0.05, 0.1) is 0 Å². The van der Waals surface area contributed by atoms with Crippen molar-refractivity contribution in [3.8, 4) is 23.7 Å². The summed E-state index contributed by atoms with van der Waals surface area (Å²) in [7, 11) is 0. The normalized spacial score (nSPS) is 12.0. The lowest BCUT2D eigenvalue weighted by Gasteiger charge is -1.94. The Hall–Kier alpha value is -1.99. The monoisotopic (exact) mass is 238 g/mol. The summed E-state index contributed by atoms with van der Waals surface area (Å²) in [6, 6.07) is 6.28. The van der Waals surface area contributed by atoms with Crippen molar-refractivity contribution in [2.75, 3.05) is 0 Å². The van der Waals surface area contributed by atoms with Crippen molar-refractivity contribution in [1.29, 1.82) is 0 Å². The van der Waals surface area contributed by atoms with Crippen LogP contribution in [0.2, 0.25) is 0 Å². The van der Waals surface area contributed by atoms with Crippen molar-refractivity contribution in [1.82, 2.24) is 0 Å². The van der Waals surface area contributed by atoms with E-state index in [9.17, 15) is 4.39 Å². The Kier molecular flexibility index (Phi) is 4.21. The Labute approximate surface area is 108 Å². The van der Waals surface area contributed by atoms with Crippen LogP contribution in [0.25, 0.3) is 0 Å². The third-order valence-corrected chi connectivity index (χ3v) is 2.78. The van der Waals surface area contributed by atoms with E-state index >= 15 is 0 Å². The molecule has 1 heteroatoms. The number of benzene rings is 1. The van der Waals surface area contributed by atoms with Gasteiger partial charge < -0.3 is 0 Å². The molecule has 0 unspecified atom stereocenters. The number of hydrogen-bond acceptors (Lipinski definition) is 0. The molecule has 1 aliphatic carbocycles. The Morgan fingerprint density at radius 3 is 2.56 bits per heavy atom. The lowest BCUT2D eigenvalue weighted by Crippen LogP contribution is -1.80. The zero-order valence-electron chi connectivity index (χ0n) is 10.5. The van der Waals surface area contributed by atoms with Crippen molar-refractivity contribution >= 4 is 0 Å². The third kappa shape index (κ3) is 3.79. The minimum absolute atomic E-state index is 0.223. The zero-order valence-corrected chi connectivity index (χ0v) is 10.5. The van der Waals surface area contributed by atoms with Crippen LogP contribution in [0.4, 0.5) is 4.39 Å². The van der Waals surface area contributed by atoms with Crippen molar-refractivity contribution < 1.29 is 4.39 Å². The molecule has 0 radical (unpaired) electrons. The SMILES string of the molecule is CC#CC(CCC#Cc1ccc(F)cc1)=C1CC1. The minimum Gasteiger partial charge on any atom is -0.207 e. The second-order valence-corrected chi connectivity index (χ2v) is 4.27. The predicted octanol–water partition coefficient (Wildman–Crippen LogP) is 4.07. The first-order valence-corrected chi connectivity index (χ1v) is 6.17. The maximum Gasteiger partial charge on any atom is 0.123 e. The molecular formula is C17H15F. The smallest absolute Gasteiger partial charge is 0.123 e. The summed E-state index contributed by atoms with van der Waals surface area (Å²) in [4.78, 5) is 0. The van der Waals surface area contributed by atoms with Crippen LogP contribution in [0.5, 0.6) is 0 Å². The summed E-state index contributed by atoms with van der Waals surface area (Å²) in [5, 5.41) is 0. The Balaban J connectivity index is 1.90. The van der Waals surface area contributed by atoms with Gasteiger partial charge in [0.25, 0.3) is 0 Å². The molecule has 2 rings (SSSR count). The van der Waals surface area contributed by atoms with Crippen LogP contribution in [-0.2, 0) is 0 Å². The van der Waals surface area contributed by atoms with E-state index in [0.29, 0.717) is 0 Å². The van der Waals surface area contributed by atoms with Gasteiger partial charge in [0.2, 0.25) is 0 Å². The number of hydrogen-bond donors (Lipinski definition) is 0. The summed E-state index contributed by atoms with van der Waals surface area (Å²) >= 11 is 0. The highest BCUT2D eigenvalue weighted by Gasteiger charge is 2.15. The third-order valence-electron chi connectivity index (χ3n) is 2.78. The first-order chi connectivity index (χ1) is 8.79. The number of allylic oxidation sites excluding steroid dienone is 2. The maximum atomic E-state index is 12.7. The summed E-state index contributed by atoms with van der Waals surface area (Å²) in [5.74, 6) is 12.1. The molecular weight excluding hydrogens is 223 g/mol. The molecule has 1 aromatic carbocycles. The van der Waals surface area contributed by atoms with Gasteiger partial charge in [-0.2, -0.15) is 0 Å². The fourth-order valence-corrected chi connectivity index (χ4v) is 1.73. The van der Waals surface area contributed by atoms with Crippen LogP contribution in [0.15, 0.2) is 35.4 Å². The van der Waals surface area contributed by atoms with Crippen molar-refractivity contribution in [2.24, 2.45) is 0 Å². The predicted molar refractivity (Wildman–Crippen MR) is 72.2 cm³/mol. The van der Waals surface area contributed by atoms with Crippen LogP contribution in [0.3, 0.4) is 0 Å². The molecule has 0 heterocycles. The van der Waals surface area contributed by atoms with Gasteiger partial charge in [-0.25, -0.2) is 4.39 Å². The summed E-state index contributed by atoms with van der Waals surface area (Å²) in [6.45, 7) is 1.87. The fourth-order valence-electron chi connectivity index (χ4n) is 1.73. The molecule has 1 aliphatic rings. The van der Waals surface area contributed by atoms with Gasteiger partial charge >= 0.3 is 0 Å². The highest BCUT2D eigenvalue weighted by Crippen LogP contribution is 2.33. The fraction of sp³-hybridized carbons (Fsp3) is 0.294. The van der Waals surface area contributed by atoms with E-state index in [4.69, 9.17) is 0 Å². The largest absolute Gasteiger partial charge is 0.207 e. The van der Waals surface area contributed by atoms with Crippen LogP contribution >= 0.6 is 0 Å². The number of rotatable bonds is 2. The molecule has 90 valence electrons. The molecule has 0 aliphatic heterocycles. The first kappa shape index (κ1) is 12.5. The van der Waals surface area contributed by atoms with Gasteiger partial charge in [-0.05, 0) is 50.5 Å². The molecule has 0 nitrogen and oxygen atoms in total. The first-order valence-electron chi connectivity index (χ1n) is 6.17. The molecule has 0 N–H and O–H groups in total. The summed E-state index contributed by atoms with van der Waals surface area (Å²) in [6.07, 6.45) is 4.15. The van der Waals surface area contributed by atoms with Crippen molar-refractivity contribution in [3.05, 3.63) is 46.8 Å². The summed E-state index contributed by atoms with van der Waals surface area (Å²) < 4.78 is 12.7. The minimum atomic E-state index is -0.223. The molecule has 0 saturated heterocycles. The Bertz CT molecular complexity index is 562.